The number of halogens is 1. The van der Waals surface area contributed by atoms with Gasteiger partial charge in [-0.3, -0.25) is 9.59 Å². The predicted octanol–water partition coefficient (Wildman–Crippen LogP) is 5.64. The molecule has 46 heavy (non-hydrogen) atoms. The zero-order valence-corrected chi connectivity index (χ0v) is 26.6. The molecular formula is C36H38FN3O5S. The summed E-state index contributed by atoms with van der Waals surface area (Å²) in [6, 6.07) is 28.0. The second-order valence-corrected chi connectivity index (χ2v) is 13.2. The quantitative estimate of drug-likeness (QED) is 0.204. The van der Waals surface area contributed by atoms with Gasteiger partial charge in [0.15, 0.2) is 0 Å². The van der Waals surface area contributed by atoms with Crippen molar-refractivity contribution in [1.82, 2.24) is 14.5 Å². The number of hydrogen-bond acceptors (Lipinski definition) is 5. The van der Waals surface area contributed by atoms with Crippen LogP contribution in [0.25, 0.3) is 0 Å². The minimum Gasteiger partial charge on any atom is -0.497 e. The molecule has 1 N–H and O–H groups in total. The van der Waals surface area contributed by atoms with Gasteiger partial charge in [-0.1, -0.05) is 66.7 Å². The number of hydrogen-bond donors (Lipinski definition) is 1. The van der Waals surface area contributed by atoms with Gasteiger partial charge >= 0.3 is 0 Å². The number of methoxy groups -OCH3 is 1. The maximum absolute atomic E-state index is 14.0. The molecule has 0 bridgehead atoms. The number of amides is 2. The van der Waals surface area contributed by atoms with Crippen LogP contribution in [-0.4, -0.2) is 49.6 Å². The highest BCUT2D eigenvalue weighted by molar-refractivity contribution is 7.89. The van der Waals surface area contributed by atoms with Crippen molar-refractivity contribution in [1.29, 1.82) is 0 Å². The molecule has 0 radical (unpaired) electrons. The lowest BCUT2D eigenvalue weighted by Gasteiger charge is -2.32. The fraction of sp³-hybridized carbons (Fsp3) is 0.278. The number of carbonyl (C=O) groups is 2. The predicted molar refractivity (Wildman–Crippen MR) is 174 cm³/mol. The van der Waals surface area contributed by atoms with Crippen LogP contribution in [0.4, 0.5) is 4.39 Å². The molecule has 1 atom stereocenters. The topological polar surface area (TPSA) is 96.0 Å². The molecule has 0 aromatic heterocycles. The molecule has 1 fully saturated rings. The molecule has 0 unspecified atom stereocenters. The number of aryl methyl sites for hydroxylation is 1. The molecule has 0 saturated carbocycles. The summed E-state index contributed by atoms with van der Waals surface area (Å²) in [5.41, 5.74) is 2.99. The van der Waals surface area contributed by atoms with E-state index in [0.717, 1.165) is 24.0 Å². The van der Waals surface area contributed by atoms with E-state index in [1.807, 2.05) is 54.6 Å². The first kappa shape index (κ1) is 32.8. The van der Waals surface area contributed by atoms with Gasteiger partial charge in [0.2, 0.25) is 21.8 Å². The minimum atomic E-state index is -3.54. The normalized spacial score (nSPS) is 14.0. The van der Waals surface area contributed by atoms with E-state index in [2.05, 4.69) is 5.32 Å². The molecule has 1 saturated heterocycles. The van der Waals surface area contributed by atoms with Crippen LogP contribution in [-0.2, 0) is 39.1 Å². The van der Waals surface area contributed by atoms with Crippen molar-refractivity contribution in [2.75, 3.05) is 20.2 Å². The van der Waals surface area contributed by atoms with Crippen molar-refractivity contribution in [3.05, 3.63) is 131 Å². The highest BCUT2D eigenvalue weighted by Crippen LogP contribution is 2.26. The van der Waals surface area contributed by atoms with Gasteiger partial charge in [-0.15, -0.1) is 0 Å². The number of rotatable bonds is 13. The second-order valence-electron chi connectivity index (χ2n) is 11.3. The lowest BCUT2D eigenvalue weighted by molar-refractivity contribution is -0.141. The fourth-order valence-corrected chi connectivity index (χ4v) is 7.06. The Hall–Kier alpha value is -4.54. The number of ether oxygens (including phenoxy) is 1. The van der Waals surface area contributed by atoms with Gasteiger partial charge in [0.1, 0.15) is 17.6 Å². The van der Waals surface area contributed by atoms with Crippen LogP contribution < -0.4 is 10.1 Å². The lowest BCUT2D eigenvalue weighted by atomic mass is 10.0. The monoisotopic (exact) mass is 643 g/mol. The average Bonchev–Trinajstić information content (AvgIpc) is 3.64. The van der Waals surface area contributed by atoms with E-state index >= 15 is 0 Å². The molecule has 0 aliphatic carbocycles. The highest BCUT2D eigenvalue weighted by atomic mass is 32.2. The van der Waals surface area contributed by atoms with Gasteiger partial charge in [0.25, 0.3) is 0 Å². The van der Waals surface area contributed by atoms with E-state index in [-0.39, 0.29) is 36.2 Å². The molecule has 10 heteroatoms. The maximum Gasteiger partial charge on any atom is 0.247 e. The van der Waals surface area contributed by atoms with Crippen molar-refractivity contribution in [3.63, 3.8) is 0 Å². The summed E-state index contributed by atoms with van der Waals surface area (Å²) in [7, 11) is -1.95. The number of nitrogens with one attached hydrogen (secondary N) is 1. The lowest BCUT2D eigenvalue weighted by Crippen LogP contribution is -2.43. The SMILES string of the molecule is COc1ccc(CNC(=O)[C@H](c2ccccc2)N(Cc2ccc(F)cc2)C(=O)CCc2ccc(S(=O)(=O)N3CCCC3)cc2)cc1. The maximum atomic E-state index is 14.0. The van der Waals surface area contributed by atoms with Crippen molar-refractivity contribution < 1.29 is 27.1 Å². The van der Waals surface area contributed by atoms with Crippen LogP contribution in [0.1, 0.15) is 47.6 Å². The molecule has 1 heterocycles. The first-order valence-electron chi connectivity index (χ1n) is 15.3. The Kier molecular flexibility index (Phi) is 10.8. The molecular weight excluding hydrogens is 605 g/mol. The van der Waals surface area contributed by atoms with E-state index in [0.29, 0.717) is 36.4 Å². The molecule has 8 nitrogen and oxygen atoms in total. The summed E-state index contributed by atoms with van der Waals surface area (Å²) >= 11 is 0. The van der Waals surface area contributed by atoms with Gasteiger partial charge in [-0.25, -0.2) is 12.8 Å². The largest absolute Gasteiger partial charge is 0.497 e. The molecule has 1 aliphatic heterocycles. The Labute approximate surface area is 269 Å². The highest BCUT2D eigenvalue weighted by Gasteiger charge is 2.32. The second kappa shape index (κ2) is 15.2. The fourth-order valence-electron chi connectivity index (χ4n) is 5.55. The molecule has 4 aromatic carbocycles. The van der Waals surface area contributed by atoms with E-state index in [4.69, 9.17) is 4.74 Å². The van der Waals surface area contributed by atoms with Crippen molar-refractivity contribution in [2.24, 2.45) is 0 Å². The van der Waals surface area contributed by atoms with E-state index < -0.39 is 21.9 Å². The number of nitrogens with zero attached hydrogens (tertiary/aromatic N) is 2. The van der Waals surface area contributed by atoms with E-state index in [1.165, 1.54) is 21.3 Å². The third kappa shape index (κ3) is 8.18. The Morgan fingerprint density at radius 1 is 0.848 bits per heavy atom. The summed E-state index contributed by atoms with van der Waals surface area (Å²) in [5.74, 6) is -0.315. The Morgan fingerprint density at radius 3 is 2.09 bits per heavy atom. The minimum absolute atomic E-state index is 0.0779. The van der Waals surface area contributed by atoms with Gasteiger partial charge in [-0.2, -0.15) is 4.31 Å². The molecule has 1 aliphatic rings. The van der Waals surface area contributed by atoms with E-state index in [1.54, 1.807) is 43.5 Å². The molecule has 4 aromatic rings. The van der Waals surface area contributed by atoms with Gasteiger partial charge < -0.3 is 15.0 Å². The summed E-state index contributed by atoms with van der Waals surface area (Å²) in [4.78, 5) is 29.7. The zero-order chi connectivity index (χ0) is 32.5. The Balaban J connectivity index is 1.37. The summed E-state index contributed by atoms with van der Waals surface area (Å²) in [6.07, 6.45) is 2.14. The molecule has 2 amide bonds. The number of benzene rings is 4. The first-order chi connectivity index (χ1) is 22.2. The Morgan fingerprint density at radius 2 is 1.46 bits per heavy atom. The van der Waals surface area contributed by atoms with Gasteiger partial charge in [-0.05, 0) is 77.9 Å². The average molecular weight is 644 g/mol. The van der Waals surface area contributed by atoms with Crippen LogP contribution in [0.2, 0.25) is 0 Å². The summed E-state index contributed by atoms with van der Waals surface area (Å²) in [5, 5.41) is 2.99. The van der Waals surface area contributed by atoms with Gasteiger partial charge in [0.05, 0.1) is 12.0 Å². The van der Waals surface area contributed by atoms with Crippen LogP contribution in [0.5, 0.6) is 5.75 Å². The third-order valence-electron chi connectivity index (χ3n) is 8.14. The third-order valence-corrected chi connectivity index (χ3v) is 10.1. The van der Waals surface area contributed by atoms with Crippen LogP contribution >= 0.6 is 0 Å². The Bertz CT molecular complexity index is 1710. The first-order valence-corrected chi connectivity index (χ1v) is 16.8. The standard InChI is InChI=1S/C36H38FN3O5S/c1-45-32-18-11-28(12-19-32)25-38-36(42)35(30-7-3-2-4-8-30)40(26-29-9-16-31(37)17-10-29)34(41)22-15-27-13-20-33(21-14-27)46(43,44)39-23-5-6-24-39/h2-4,7-14,16-21,35H,5-6,15,22-26H2,1H3,(H,38,42)/t35-/m0/s1. The smallest absolute Gasteiger partial charge is 0.247 e. The van der Waals surface area contributed by atoms with Crippen molar-refractivity contribution in [2.45, 2.75) is 49.7 Å². The van der Waals surface area contributed by atoms with Crippen LogP contribution in [0, 0.1) is 5.82 Å². The van der Waals surface area contributed by atoms with Crippen LogP contribution in [0.3, 0.4) is 0 Å². The van der Waals surface area contributed by atoms with Crippen molar-refractivity contribution in [3.8, 4) is 5.75 Å². The molecule has 5 rings (SSSR count). The zero-order valence-electron chi connectivity index (χ0n) is 25.8. The summed E-state index contributed by atoms with van der Waals surface area (Å²) < 4.78 is 46.4. The van der Waals surface area contributed by atoms with Crippen LogP contribution in [0.15, 0.2) is 108 Å². The van der Waals surface area contributed by atoms with Crippen molar-refractivity contribution >= 4 is 21.8 Å². The van der Waals surface area contributed by atoms with E-state index in [9.17, 15) is 22.4 Å². The van der Waals surface area contributed by atoms with Gasteiger partial charge in [0, 0.05) is 32.6 Å². The number of carbonyl (C=O) groups excluding carboxylic acids is 2. The summed E-state index contributed by atoms with van der Waals surface area (Å²) in [6.45, 7) is 1.39. The molecule has 240 valence electrons. The molecule has 0 spiro atoms. The number of sulfonamides is 1.